The predicted molar refractivity (Wildman–Crippen MR) is 131 cm³/mol. The molecule has 0 amide bonds. The Morgan fingerprint density at radius 1 is 1.06 bits per heavy atom. The molecule has 0 aliphatic rings. The normalized spacial score (nSPS) is 11.4. The van der Waals surface area contributed by atoms with Gasteiger partial charge in [-0.1, -0.05) is 11.9 Å². The molecule has 0 aliphatic heterocycles. The van der Waals surface area contributed by atoms with E-state index in [0.717, 1.165) is 23.3 Å². The highest BCUT2D eigenvalue weighted by molar-refractivity contribution is 8.00. The number of imidazole rings is 1. The Labute approximate surface area is 195 Å². The lowest BCUT2D eigenvalue weighted by Gasteiger charge is -2.12. The molecule has 4 N–H and O–H groups in total. The van der Waals surface area contributed by atoms with Crippen LogP contribution in [0.3, 0.4) is 0 Å². The minimum Gasteiger partial charge on any atom is -0.330 e. The van der Waals surface area contributed by atoms with Crippen LogP contribution in [0.4, 0.5) is 26.1 Å². The fraction of sp³-hybridized carbons (Fsp3) is 0.261. The molecule has 0 fully saturated rings. The van der Waals surface area contributed by atoms with Crippen molar-refractivity contribution in [2.45, 2.75) is 26.8 Å². The Morgan fingerprint density at radius 3 is 2.48 bits per heavy atom. The van der Waals surface area contributed by atoms with E-state index < -0.39 is 11.6 Å². The van der Waals surface area contributed by atoms with Gasteiger partial charge in [-0.2, -0.15) is 0 Å². The number of anilines is 3. The number of nitrogens with one attached hydrogen (secondary N) is 2. The average molecular weight is 470 g/mol. The summed E-state index contributed by atoms with van der Waals surface area (Å²) in [5.74, 6) is 0.548. The Balaban J connectivity index is 1.64. The van der Waals surface area contributed by atoms with Crippen LogP contribution in [0.1, 0.15) is 25.7 Å². The van der Waals surface area contributed by atoms with E-state index in [9.17, 15) is 8.78 Å². The maximum atomic E-state index is 14.8. The molecule has 7 nitrogen and oxygen atoms in total. The molecule has 0 radical (unpaired) electrons. The second kappa shape index (κ2) is 9.72. The number of nitrogens with zero attached hydrogens (tertiary/aromatic N) is 4. The zero-order valence-electron chi connectivity index (χ0n) is 18.6. The Kier molecular flexibility index (Phi) is 6.75. The van der Waals surface area contributed by atoms with Crippen LogP contribution in [0.25, 0.3) is 22.3 Å². The van der Waals surface area contributed by atoms with Crippen LogP contribution in [-0.2, 0) is 0 Å². The lowest BCUT2D eigenvalue weighted by Crippen LogP contribution is -2.04. The maximum Gasteiger partial charge on any atom is 0.227 e. The number of hydrogen-bond acceptors (Lipinski definition) is 7. The molecule has 33 heavy (non-hydrogen) atoms. The van der Waals surface area contributed by atoms with Crippen molar-refractivity contribution in [1.29, 1.82) is 0 Å². The minimum atomic E-state index is -0.636. The van der Waals surface area contributed by atoms with Gasteiger partial charge in [0.05, 0.1) is 11.7 Å². The number of fused-ring (bicyclic) bond motifs is 1. The van der Waals surface area contributed by atoms with Crippen LogP contribution in [0, 0.1) is 18.6 Å². The molecule has 0 atom stereocenters. The fourth-order valence-electron chi connectivity index (χ4n) is 3.63. The fourth-order valence-corrected chi connectivity index (χ4v) is 4.15. The highest BCUT2D eigenvalue weighted by Crippen LogP contribution is 2.30. The lowest BCUT2D eigenvalue weighted by molar-refractivity contribution is 0.600. The molecule has 172 valence electrons. The van der Waals surface area contributed by atoms with Gasteiger partial charge in [-0.15, -0.1) is 0 Å². The van der Waals surface area contributed by atoms with E-state index in [1.54, 1.807) is 6.07 Å². The summed E-state index contributed by atoms with van der Waals surface area (Å²) < 4.78 is 34.6. The first kappa shape index (κ1) is 22.9. The first-order chi connectivity index (χ1) is 15.9. The number of rotatable bonds is 8. The van der Waals surface area contributed by atoms with Crippen molar-refractivity contribution in [3.05, 3.63) is 60.1 Å². The Morgan fingerprint density at radius 2 is 1.79 bits per heavy atom. The predicted octanol–water partition coefficient (Wildman–Crippen LogP) is 5.42. The van der Waals surface area contributed by atoms with E-state index in [1.165, 1.54) is 18.0 Å². The molecule has 0 saturated heterocycles. The summed E-state index contributed by atoms with van der Waals surface area (Å²) in [6, 6.07) is 10.6. The van der Waals surface area contributed by atoms with Gasteiger partial charge in [0.1, 0.15) is 17.0 Å². The smallest absolute Gasteiger partial charge is 0.227 e. The zero-order valence-corrected chi connectivity index (χ0v) is 19.4. The maximum absolute atomic E-state index is 14.8. The highest BCUT2D eigenvalue weighted by atomic mass is 32.2. The summed E-state index contributed by atoms with van der Waals surface area (Å²) in [6.07, 6.45) is 1.08. The average Bonchev–Trinajstić information content (AvgIpc) is 3.13. The van der Waals surface area contributed by atoms with Gasteiger partial charge >= 0.3 is 0 Å². The molecule has 0 saturated carbocycles. The number of benzene rings is 2. The molecule has 2 heterocycles. The third kappa shape index (κ3) is 4.91. The molecule has 0 unspecified atom stereocenters. The molecule has 2 aromatic carbocycles. The van der Waals surface area contributed by atoms with Crippen molar-refractivity contribution >= 4 is 40.3 Å². The second-order valence-electron chi connectivity index (χ2n) is 7.78. The number of hydrogen-bond donors (Lipinski definition) is 3. The van der Waals surface area contributed by atoms with Crippen molar-refractivity contribution in [2.24, 2.45) is 5.73 Å². The summed E-state index contributed by atoms with van der Waals surface area (Å²) in [5, 5.41) is 3.07. The summed E-state index contributed by atoms with van der Waals surface area (Å²) in [4.78, 5) is 12.7. The third-order valence-corrected chi connectivity index (χ3v) is 5.83. The van der Waals surface area contributed by atoms with Gasteiger partial charge in [-0.25, -0.2) is 23.7 Å². The summed E-state index contributed by atoms with van der Waals surface area (Å²) in [5.41, 5.74) is 8.34. The van der Waals surface area contributed by atoms with Crippen LogP contribution < -0.4 is 15.8 Å². The van der Waals surface area contributed by atoms with Crippen LogP contribution in [-0.4, -0.2) is 31.8 Å². The van der Waals surface area contributed by atoms with Crippen molar-refractivity contribution in [1.82, 2.24) is 19.5 Å². The Hall–Kier alpha value is -3.24. The SMILES string of the molecule is Cc1nc2c(F)cc(-c3nc(Nc4ccc(NSCCN)cc4)ncc3F)cc2n1C(C)C. The molecular formula is C23H25F2N7S. The van der Waals surface area contributed by atoms with E-state index in [0.29, 0.717) is 23.4 Å². The number of nitrogens with two attached hydrogens (primary N) is 1. The van der Waals surface area contributed by atoms with Gasteiger partial charge in [-0.3, -0.25) is 0 Å². The third-order valence-electron chi connectivity index (χ3n) is 5.01. The Bertz CT molecular complexity index is 1270. The molecule has 4 rings (SSSR count). The van der Waals surface area contributed by atoms with Crippen molar-refractivity contribution in [3.8, 4) is 11.3 Å². The monoisotopic (exact) mass is 469 g/mol. The number of halogens is 2. The molecule has 0 bridgehead atoms. The van der Waals surface area contributed by atoms with Crippen LogP contribution in [0.15, 0.2) is 42.6 Å². The zero-order chi connectivity index (χ0) is 23.5. The van der Waals surface area contributed by atoms with E-state index in [1.807, 2.05) is 49.6 Å². The summed E-state index contributed by atoms with van der Waals surface area (Å²) >= 11 is 1.52. The van der Waals surface area contributed by atoms with Crippen LogP contribution in [0.5, 0.6) is 0 Å². The van der Waals surface area contributed by atoms with Crippen LogP contribution >= 0.6 is 11.9 Å². The first-order valence-electron chi connectivity index (χ1n) is 10.5. The van der Waals surface area contributed by atoms with Crippen LogP contribution in [0.2, 0.25) is 0 Å². The minimum absolute atomic E-state index is 0.0129. The molecular weight excluding hydrogens is 444 g/mol. The summed E-state index contributed by atoms with van der Waals surface area (Å²) in [6.45, 7) is 6.40. The number of aromatic nitrogens is 4. The summed E-state index contributed by atoms with van der Waals surface area (Å²) in [7, 11) is 0. The second-order valence-corrected chi connectivity index (χ2v) is 8.68. The number of aryl methyl sites for hydroxylation is 1. The molecule has 10 heteroatoms. The van der Waals surface area contributed by atoms with Gasteiger partial charge in [0.25, 0.3) is 0 Å². The van der Waals surface area contributed by atoms with E-state index in [4.69, 9.17) is 5.73 Å². The first-order valence-corrected chi connectivity index (χ1v) is 11.5. The van der Waals surface area contributed by atoms with Gasteiger partial charge in [0, 0.05) is 35.3 Å². The van der Waals surface area contributed by atoms with Crippen molar-refractivity contribution in [2.75, 3.05) is 22.3 Å². The standard InChI is InChI=1S/C23H25F2N7S/c1-13(2)32-14(3)28-22-18(24)10-15(11-20(22)32)21-19(25)12-27-23(30-21)29-16-4-6-17(7-5-16)31-33-9-8-26/h4-7,10-13,31H,8-9,26H2,1-3H3,(H,27,29,30). The van der Waals surface area contributed by atoms with E-state index in [2.05, 4.69) is 25.0 Å². The largest absolute Gasteiger partial charge is 0.330 e. The topological polar surface area (TPSA) is 93.7 Å². The van der Waals surface area contributed by atoms with E-state index in [-0.39, 0.29) is 23.2 Å². The van der Waals surface area contributed by atoms with E-state index >= 15 is 0 Å². The quantitative estimate of drug-likeness (QED) is 0.234. The lowest BCUT2D eigenvalue weighted by atomic mass is 10.1. The molecule has 0 aliphatic carbocycles. The molecule has 2 aromatic heterocycles. The highest BCUT2D eigenvalue weighted by Gasteiger charge is 2.18. The molecule has 4 aromatic rings. The van der Waals surface area contributed by atoms with Crippen molar-refractivity contribution in [3.63, 3.8) is 0 Å². The van der Waals surface area contributed by atoms with Gasteiger partial charge in [-0.05, 0) is 57.2 Å². The van der Waals surface area contributed by atoms with Gasteiger partial charge < -0.3 is 20.3 Å². The van der Waals surface area contributed by atoms with Gasteiger partial charge in [0.2, 0.25) is 5.95 Å². The van der Waals surface area contributed by atoms with Crippen molar-refractivity contribution < 1.29 is 8.78 Å². The van der Waals surface area contributed by atoms with Gasteiger partial charge in [0.15, 0.2) is 11.6 Å². The molecule has 0 spiro atoms.